The maximum Gasteiger partial charge on any atom is -0.00260 e. The zero-order valence-corrected chi connectivity index (χ0v) is 9.99. The molecule has 0 nitrogen and oxygen atoms in total. The van der Waals surface area contributed by atoms with Crippen molar-refractivity contribution in [3.8, 4) is 0 Å². The van der Waals surface area contributed by atoms with Gasteiger partial charge in [0.1, 0.15) is 0 Å². The Morgan fingerprint density at radius 3 is 2.54 bits per heavy atom. The number of hydrogen-bond donors (Lipinski definition) is 0. The second kappa shape index (κ2) is 9.91. The van der Waals surface area contributed by atoms with Crippen LogP contribution in [0.25, 0.3) is 0 Å². The SMILES string of the molecule is CCC=CC(=CSCCCC)CC. The van der Waals surface area contributed by atoms with Crippen LogP contribution >= 0.6 is 11.8 Å². The number of unbranched alkanes of at least 4 members (excludes halogenated alkanes) is 1. The molecule has 0 aromatic rings. The van der Waals surface area contributed by atoms with Crippen molar-refractivity contribution in [1.82, 2.24) is 0 Å². The predicted octanol–water partition coefficient (Wildman–Crippen LogP) is 4.78. The molecule has 76 valence electrons. The molecule has 0 saturated carbocycles. The van der Waals surface area contributed by atoms with E-state index in [-0.39, 0.29) is 0 Å². The molecule has 0 heterocycles. The van der Waals surface area contributed by atoms with Gasteiger partial charge in [0.05, 0.1) is 0 Å². The summed E-state index contributed by atoms with van der Waals surface area (Å²) in [6.07, 6.45) is 9.39. The quantitative estimate of drug-likeness (QED) is 0.419. The van der Waals surface area contributed by atoms with E-state index in [9.17, 15) is 0 Å². The van der Waals surface area contributed by atoms with Gasteiger partial charge in [-0.2, -0.15) is 0 Å². The number of hydrogen-bond acceptors (Lipinski definition) is 1. The smallest absolute Gasteiger partial charge is 0.00260 e. The Hall–Kier alpha value is -0.170. The summed E-state index contributed by atoms with van der Waals surface area (Å²) in [5.74, 6) is 1.26. The average Bonchev–Trinajstić information content (AvgIpc) is 2.17. The first kappa shape index (κ1) is 12.8. The summed E-state index contributed by atoms with van der Waals surface area (Å²) in [6.45, 7) is 6.63. The first-order valence-electron chi connectivity index (χ1n) is 5.32. The van der Waals surface area contributed by atoms with Gasteiger partial charge in [-0.3, -0.25) is 0 Å². The lowest BCUT2D eigenvalue weighted by atomic mass is 10.2. The van der Waals surface area contributed by atoms with Crippen molar-refractivity contribution in [2.45, 2.75) is 46.5 Å². The lowest BCUT2D eigenvalue weighted by Crippen LogP contribution is -1.76. The lowest BCUT2D eigenvalue weighted by molar-refractivity contribution is 0.897. The summed E-state index contributed by atoms with van der Waals surface area (Å²) in [5, 5.41) is 2.31. The largest absolute Gasteiger partial charge is 0.134 e. The van der Waals surface area contributed by atoms with E-state index in [1.165, 1.54) is 24.2 Å². The molecule has 0 aromatic carbocycles. The summed E-state index contributed by atoms with van der Waals surface area (Å²) >= 11 is 1.95. The summed E-state index contributed by atoms with van der Waals surface area (Å²) in [4.78, 5) is 0. The van der Waals surface area contributed by atoms with Crippen molar-refractivity contribution >= 4 is 11.8 Å². The van der Waals surface area contributed by atoms with Crippen LogP contribution in [0.2, 0.25) is 0 Å². The zero-order chi connectivity index (χ0) is 9.94. The fourth-order valence-corrected chi connectivity index (χ4v) is 1.94. The Balaban J connectivity index is 3.71. The zero-order valence-electron chi connectivity index (χ0n) is 9.18. The van der Waals surface area contributed by atoms with E-state index < -0.39 is 0 Å². The molecule has 0 atom stereocenters. The third-order valence-corrected chi connectivity index (χ3v) is 2.82. The van der Waals surface area contributed by atoms with Crippen molar-refractivity contribution in [1.29, 1.82) is 0 Å². The molecule has 0 amide bonds. The Morgan fingerprint density at radius 2 is 2.00 bits per heavy atom. The lowest BCUT2D eigenvalue weighted by Gasteiger charge is -1.97. The van der Waals surface area contributed by atoms with Gasteiger partial charge in [0.25, 0.3) is 0 Å². The molecule has 0 N–H and O–H groups in total. The highest BCUT2D eigenvalue weighted by atomic mass is 32.2. The van der Waals surface area contributed by atoms with Gasteiger partial charge >= 0.3 is 0 Å². The van der Waals surface area contributed by atoms with Gasteiger partial charge in [-0.15, -0.1) is 11.8 Å². The molecule has 0 unspecified atom stereocenters. The summed E-state index contributed by atoms with van der Waals surface area (Å²) < 4.78 is 0. The highest BCUT2D eigenvalue weighted by molar-refractivity contribution is 8.02. The first-order chi connectivity index (χ1) is 6.35. The van der Waals surface area contributed by atoms with Crippen LogP contribution in [0, 0.1) is 0 Å². The van der Waals surface area contributed by atoms with Crippen molar-refractivity contribution in [2.24, 2.45) is 0 Å². The molecule has 0 spiro atoms. The monoisotopic (exact) mass is 198 g/mol. The molecule has 0 aliphatic carbocycles. The van der Waals surface area contributed by atoms with Gasteiger partial charge in [-0.1, -0.05) is 39.3 Å². The third kappa shape index (κ3) is 8.17. The van der Waals surface area contributed by atoms with Gasteiger partial charge in [0.2, 0.25) is 0 Å². The minimum atomic E-state index is 1.14. The van der Waals surface area contributed by atoms with E-state index in [2.05, 4.69) is 38.3 Å². The molecule has 0 aliphatic heterocycles. The molecule has 0 aliphatic rings. The van der Waals surface area contributed by atoms with E-state index in [0.29, 0.717) is 0 Å². The van der Waals surface area contributed by atoms with Crippen molar-refractivity contribution < 1.29 is 0 Å². The second-order valence-corrected chi connectivity index (χ2v) is 4.06. The Bertz CT molecular complexity index is 157. The normalized spacial score (nSPS) is 12.7. The van der Waals surface area contributed by atoms with Crippen LogP contribution in [0.1, 0.15) is 46.5 Å². The van der Waals surface area contributed by atoms with Gasteiger partial charge in [0, 0.05) is 0 Å². The molecular formula is C12H22S. The van der Waals surface area contributed by atoms with Gasteiger partial charge in [-0.25, -0.2) is 0 Å². The van der Waals surface area contributed by atoms with E-state index in [1.54, 1.807) is 0 Å². The van der Waals surface area contributed by atoms with Crippen LogP contribution in [-0.2, 0) is 0 Å². The van der Waals surface area contributed by atoms with Crippen LogP contribution in [0.4, 0.5) is 0 Å². The van der Waals surface area contributed by atoms with Crippen LogP contribution in [0.5, 0.6) is 0 Å². The fourth-order valence-electron chi connectivity index (χ4n) is 0.903. The Kier molecular flexibility index (Phi) is 9.78. The summed E-state index contributed by atoms with van der Waals surface area (Å²) in [6, 6.07) is 0. The van der Waals surface area contributed by atoms with Crippen LogP contribution in [-0.4, -0.2) is 5.75 Å². The van der Waals surface area contributed by atoms with Crippen molar-refractivity contribution in [3.05, 3.63) is 23.1 Å². The average molecular weight is 198 g/mol. The molecule has 0 rings (SSSR count). The van der Waals surface area contributed by atoms with Crippen LogP contribution in [0.3, 0.4) is 0 Å². The van der Waals surface area contributed by atoms with Gasteiger partial charge in [-0.05, 0) is 36.0 Å². The first-order valence-corrected chi connectivity index (χ1v) is 6.37. The van der Waals surface area contributed by atoms with E-state index in [1.807, 2.05) is 11.8 Å². The second-order valence-electron chi connectivity index (χ2n) is 3.08. The van der Waals surface area contributed by atoms with Crippen molar-refractivity contribution in [2.75, 3.05) is 5.75 Å². The van der Waals surface area contributed by atoms with Crippen LogP contribution < -0.4 is 0 Å². The highest BCUT2D eigenvalue weighted by Crippen LogP contribution is 2.13. The maximum atomic E-state index is 2.31. The van der Waals surface area contributed by atoms with Crippen molar-refractivity contribution in [3.63, 3.8) is 0 Å². The molecule has 0 bridgehead atoms. The number of rotatable bonds is 7. The maximum absolute atomic E-state index is 2.31. The Labute approximate surface area is 87.5 Å². The minimum Gasteiger partial charge on any atom is -0.134 e. The van der Waals surface area contributed by atoms with E-state index >= 15 is 0 Å². The predicted molar refractivity (Wildman–Crippen MR) is 65.2 cm³/mol. The topological polar surface area (TPSA) is 0 Å². The third-order valence-electron chi connectivity index (χ3n) is 1.83. The molecule has 0 fully saturated rings. The molecular weight excluding hydrogens is 176 g/mol. The molecule has 0 saturated heterocycles. The van der Waals surface area contributed by atoms with Crippen LogP contribution in [0.15, 0.2) is 23.1 Å². The molecule has 1 heteroatoms. The van der Waals surface area contributed by atoms with E-state index in [0.717, 1.165) is 12.8 Å². The highest BCUT2D eigenvalue weighted by Gasteiger charge is 1.88. The molecule has 0 radical (unpaired) electrons. The van der Waals surface area contributed by atoms with Gasteiger partial charge in [0.15, 0.2) is 0 Å². The standard InChI is InChI=1S/C12H22S/c1-4-7-9-12(6-3)11-13-10-8-5-2/h7,9,11H,4-6,8,10H2,1-3H3. The Morgan fingerprint density at radius 1 is 1.23 bits per heavy atom. The molecule has 13 heavy (non-hydrogen) atoms. The number of allylic oxidation sites excluding steroid dienone is 3. The summed E-state index contributed by atoms with van der Waals surface area (Å²) in [5.41, 5.74) is 1.46. The minimum absolute atomic E-state index is 1.14. The van der Waals surface area contributed by atoms with E-state index in [4.69, 9.17) is 0 Å². The number of thioether (sulfide) groups is 1. The molecule has 0 aromatic heterocycles. The summed E-state index contributed by atoms with van der Waals surface area (Å²) in [7, 11) is 0. The van der Waals surface area contributed by atoms with Gasteiger partial charge < -0.3 is 0 Å². The fraction of sp³-hybridized carbons (Fsp3) is 0.667.